The second-order valence-electron chi connectivity index (χ2n) is 10.4. The van der Waals surface area contributed by atoms with Crippen LogP contribution in [0.3, 0.4) is 0 Å². The summed E-state index contributed by atoms with van der Waals surface area (Å²) < 4.78 is 78.4. The van der Waals surface area contributed by atoms with Gasteiger partial charge in [-0.25, -0.2) is 35.9 Å². The molecule has 2 fully saturated rings. The highest BCUT2D eigenvalue weighted by Crippen LogP contribution is 2.34. The van der Waals surface area contributed by atoms with Crippen LogP contribution in [-0.2, 0) is 19.4 Å². The van der Waals surface area contributed by atoms with Crippen LogP contribution >= 0.6 is 0 Å². The molecule has 4 aromatic rings. The Hall–Kier alpha value is -4.63. The lowest BCUT2D eigenvalue weighted by molar-refractivity contribution is -0.126. The number of amides is 1. The van der Waals surface area contributed by atoms with Gasteiger partial charge in [0.1, 0.15) is 28.4 Å². The van der Waals surface area contributed by atoms with Gasteiger partial charge >= 0.3 is 5.69 Å². The van der Waals surface area contributed by atoms with E-state index >= 15 is 4.39 Å². The van der Waals surface area contributed by atoms with Crippen LogP contribution in [-0.4, -0.2) is 82.9 Å². The molecule has 1 atom stereocenters. The fourth-order valence-electron chi connectivity index (χ4n) is 5.40. The minimum atomic E-state index is -4.04. The minimum Gasteiger partial charge on any atom is -0.379 e. The molecule has 0 radical (unpaired) electrons. The third kappa shape index (κ3) is 4.81. The van der Waals surface area contributed by atoms with Crippen LogP contribution in [0.5, 0.6) is 0 Å². The van der Waals surface area contributed by atoms with Gasteiger partial charge in [0.05, 0.1) is 40.9 Å². The van der Waals surface area contributed by atoms with Crippen LogP contribution in [0.1, 0.15) is 6.92 Å². The average Bonchev–Trinajstić information content (AvgIpc) is 2.96. The first-order valence-corrected chi connectivity index (χ1v) is 15.1. The maximum atomic E-state index is 15.8. The van der Waals surface area contributed by atoms with Crippen LogP contribution in [0.25, 0.3) is 28.0 Å². The fraction of sp³-hybridized carbons (Fsp3) is 0.276. The minimum absolute atomic E-state index is 0.00657. The molecule has 0 saturated carbocycles. The summed E-state index contributed by atoms with van der Waals surface area (Å²) in [5.74, 6) is -3.56. The number of nitrogens with zero attached hydrogens (tertiary/aromatic N) is 6. The van der Waals surface area contributed by atoms with E-state index in [1.807, 2.05) is 0 Å². The number of aromatic nitrogens is 4. The van der Waals surface area contributed by atoms with E-state index in [0.717, 1.165) is 35.0 Å². The lowest BCUT2D eigenvalue weighted by Crippen LogP contribution is -2.54. The molecule has 1 aromatic carbocycles. The summed E-state index contributed by atoms with van der Waals surface area (Å²) in [7, 11) is -4.04. The largest absolute Gasteiger partial charge is 0.379 e. The number of piperazine rings is 1. The highest BCUT2D eigenvalue weighted by molar-refractivity contribution is 7.92. The summed E-state index contributed by atoms with van der Waals surface area (Å²) in [6, 6.07) is 4.76. The predicted molar refractivity (Wildman–Crippen MR) is 154 cm³/mol. The van der Waals surface area contributed by atoms with Gasteiger partial charge in [-0.2, -0.15) is 4.98 Å². The van der Waals surface area contributed by atoms with E-state index in [0.29, 0.717) is 0 Å². The van der Waals surface area contributed by atoms with E-state index in [-0.39, 0.29) is 66.2 Å². The molecule has 2 aliphatic rings. The van der Waals surface area contributed by atoms with Crippen molar-refractivity contribution >= 4 is 32.6 Å². The summed E-state index contributed by atoms with van der Waals surface area (Å²) >= 11 is 0. The van der Waals surface area contributed by atoms with Gasteiger partial charge in [-0.05, 0) is 37.3 Å². The number of pyridine rings is 2. The van der Waals surface area contributed by atoms with Crippen LogP contribution in [0, 0.1) is 17.5 Å². The van der Waals surface area contributed by atoms with Gasteiger partial charge in [0.25, 0.3) is 0 Å². The zero-order valence-electron chi connectivity index (χ0n) is 23.3. The first-order valence-electron chi connectivity index (χ1n) is 13.5. The van der Waals surface area contributed by atoms with Gasteiger partial charge in [0.15, 0.2) is 21.3 Å². The molecule has 11 nitrogen and oxygen atoms in total. The van der Waals surface area contributed by atoms with Crippen molar-refractivity contribution in [2.45, 2.75) is 23.1 Å². The summed E-state index contributed by atoms with van der Waals surface area (Å²) in [6.45, 7) is 5.87. The predicted octanol–water partition coefficient (Wildman–Crippen LogP) is 2.66. The van der Waals surface area contributed by atoms with Gasteiger partial charge < -0.3 is 14.5 Å². The molecular weight excluding hydrogens is 601 g/mol. The van der Waals surface area contributed by atoms with E-state index < -0.39 is 55.5 Å². The molecule has 3 aromatic heterocycles. The Balaban J connectivity index is 1.63. The summed E-state index contributed by atoms with van der Waals surface area (Å²) in [4.78, 5) is 41.5. The third-order valence-electron chi connectivity index (χ3n) is 7.74. The van der Waals surface area contributed by atoms with E-state index in [4.69, 9.17) is 4.74 Å². The molecule has 6 rings (SSSR count). The topological polar surface area (TPSA) is 128 Å². The van der Waals surface area contributed by atoms with Crippen molar-refractivity contribution in [2.75, 3.05) is 37.7 Å². The van der Waals surface area contributed by atoms with Crippen molar-refractivity contribution in [3.63, 3.8) is 0 Å². The maximum absolute atomic E-state index is 15.8. The van der Waals surface area contributed by atoms with E-state index in [2.05, 4.69) is 21.5 Å². The van der Waals surface area contributed by atoms with Gasteiger partial charge in [-0.3, -0.25) is 9.78 Å². The van der Waals surface area contributed by atoms with Crippen LogP contribution in [0.2, 0.25) is 0 Å². The van der Waals surface area contributed by atoms with Crippen molar-refractivity contribution in [3.8, 4) is 16.9 Å². The summed E-state index contributed by atoms with van der Waals surface area (Å²) in [5, 5.41) is -0.904. The van der Waals surface area contributed by atoms with Crippen LogP contribution < -0.4 is 10.6 Å². The van der Waals surface area contributed by atoms with Gasteiger partial charge in [-0.15, -0.1) is 0 Å². The molecule has 228 valence electrons. The Morgan fingerprint density at radius 2 is 1.82 bits per heavy atom. The molecular formula is C29H25F3N6O5S. The molecule has 0 bridgehead atoms. The molecule has 5 heterocycles. The maximum Gasteiger partial charge on any atom is 0.355 e. The number of hydrogen-bond donors (Lipinski definition) is 0. The number of carbonyl (C=O) groups excluding carboxylic acids is 1. The number of ether oxygens (including phenoxy) is 1. The lowest BCUT2D eigenvalue weighted by Gasteiger charge is -2.40. The number of halogens is 3. The molecule has 1 amide bonds. The molecule has 0 spiro atoms. The number of fused-ring (bicyclic) bond motifs is 1. The zero-order chi connectivity index (χ0) is 31.3. The van der Waals surface area contributed by atoms with Gasteiger partial charge in [0, 0.05) is 31.9 Å². The van der Waals surface area contributed by atoms with E-state index in [9.17, 15) is 26.8 Å². The number of sulfone groups is 1. The Morgan fingerprint density at radius 3 is 2.45 bits per heavy atom. The normalized spacial score (nSPS) is 17.5. The quantitative estimate of drug-likeness (QED) is 0.297. The lowest BCUT2D eigenvalue weighted by atomic mass is 10.1. The molecule has 0 N–H and O–H groups in total. The highest BCUT2D eigenvalue weighted by atomic mass is 32.2. The van der Waals surface area contributed by atoms with Crippen molar-refractivity contribution in [3.05, 3.63) is 83.3 Å². The SMILES string of the molecule is C=CC(=O)N1CCN(c2nc(=O)n(-c3cnccc3S(=O)(=O)C3COC3)c3nc(-c4c(F)cccc4F)c(F)cc23)[C@@H](C)C1. The second kappa shape index (κ2) is 11.1. The number of anilines is 1. The summed E-state index contributed by atoms with van der Waals surface area (Å²) in [5.41, 5.74) is -3.00. The number of carbonyl (C=O) groups is 1. The molecule has 0 unspecified atom stereocenters. The standard InChI is InChI=1S/C29H25F3N6O5S/c1-3-24(39)36-9-10-37(16(2)13-36)27-18-11-21(32)26(25-19(30)5-4-6-20(25)31)34-28(18)38(29(40)35-27)22-12-33-8-7-23(22)44(41,42)17-14-43-15-17/h3-8,11-12,16-17H,1,9-10,13-15H2,2H3/t16-/m0/s1. The van der Waals surface area contributed by atoms with Crippen molar-refractivity contribution in [1.82, 2.24) is 24.4 Å². The average molecular weight is 627 g/mol. The Labute approximate surface area is 249 Å². The van der Waals surface area contributed by atoms with E-state index in [1.54, 1.807) is 16.7 Å². The van der Waals surface area contributed by atoms with Crippen molar-refractivity contribution in [2.24, 2.45) is 0 Å². The molecule has 2 aliphatic heterocycles. The monoisotopic (exact) mass is 626 g/mol. The Kier molecular flexibility index (Phi) is 7.45. The molecule has 44 heavy (non-hydrogen) atoms. The van der Waals surface area contributed by atoms with E-state index in [1.165, 1.54) is 18.3 Å². The van der Waals surface area contributed by atoms with Crippen LogP contribution in [0.4, 0.5) is 19.0 Å². The molecule has 0 aliphatic carbocycles. The highest BCUT2D eigenvalue weighted by Gasteiger charge is 2.37. The zero-order valence-corrected chi connectivity index (χ0v) is 24.1. The first-order chi connectivity index (χ1) is 21.0. The Morgan fingerprint density at radius 1 is 1.09 bits per heavy atom. The number of benzene rings is 1. The fourth-order valence-corrected chi connectivity index (χ4v) is 6.99. The van der Waals surface area contributed by atoms with Crippen molar-refractivity contribution in [1.29, 1.82) is 0 Å². The summed E-state index contributed by atoms with van der Waals surface area (Å²) in [6.07, 6.45) is 3.56. The number of rotatable bonds is 6. The third-order valence-corrected chi connectivity index (χ3v) is 9.85. The number of hydrogen-bond acceptors (Lipinski definition) is 9. The smallest absolute Gasteiger partial charge is 0.355 e. The Bertz CT molecular complexity index is 1980. The first kappa shape index (κ1) is 29.4. The van der Waals surface area contributed by atoms with Crippen LogP contribution in [0.15, 0.2) is 65.1 Å². The molecule has 15 heteroatoms. The van der Waals surface area contributed by atoms with Crippen molar-refractivity contribution < 1.29 is 31.1 Å². The molecule has 2 saturated heterocycles. The second-order valence-corrected chi connectivity index (χ2v) is 12.6. The van der Waals surface area contributed by atoms with Gasteiger partial charge in [-0.1, -0.05) is 12.6 Å². The van der Waals surface area contributed by atoms with Gasteiger partial charge in [0.2, 0.25) is 5.91 Å².